The Labute approximate surface area is 109 Å². The molecule has 2 aromatic rings. The van der Waals surface area contributed by atoms with Crippen molar-refractivity contribution in [1.29, 1.82) is 0 Å². The molecule has 0 saturated carbocycles. The third-order valence-corrected chi connectivity index (χ3v) is 3.47. The summed E-state index contributed by atoms with van der Waals surface area (Å²) >= 11 is 0. The fourth-order valence-electron chi connectivity index (χ4n) is 2.36. The maximum absolute atomic E-state index is 12.2. The Hall–Kier alpha value is -2.18. The largest absolute Gasteiger partial charge is 0.448 e. The summed E-state index contributed by atoms with van der Waals surface area (Å²) in [7, 11) is 0. The highest BCUT2D eigenvalue weighted by Gasteiger charge is 2.28. The van der Waals surface area contributed by atoms with Gasteiger partial charge in [-0.3, -0.25) is 4.79 Å². The highest BCUT2D eigenvalue weighted by atomic mass is 16.5. The molecule has 0 bridgehead atoms. The molecule has 3 heterocycles. The monoisotopic (exact) mass is 262 g/mol. The van der Waals surface area contributed by atoms with Gasteiger partial charge in [0.15, 0.2) is 17.9 Å². The quantitative estimate of drug-likeness (QED) is 0.812. The molecule has 7 nitrogen and oxygen atoms in total. The van der Waals surface area contributed by atoms with Crippen LogP contribution in [0.15, 0.2) is 21.7 Å². The van der Waals surface area contributed by atoms with Gasteiger partial charge in [-0.05, 0) is 19.8 Å². The molecule has 0 radical (unpaired) electrons. The molecule has 0 spiro atoms. The minimum Gasteiger partial charge on any atom is -0.448 e. The molecular weight excluding hydrogens is 248 g/mol. The fraction of sp³-hybridized carbons (Fsp3) is 0.500. The summed E-state index contributed by atoms with van der Waals surface area (Å²) in [4.78, 5) is 22.0. The number of carbonyl (C=O) groups is 1. The zero-order valence-corrected chi connectivity index (χ0v) is 10.6. The summed E-state index contributed by atoms with van der Waals surface area (Å²) in [6.07, 6.45) is 4.31. The van der Waals surface area contributed by atoms with E-state index in [1.165, 1.54) is 12.8 Å². The van der Waals surface area contributed by atoms with Crippen molar-refractivity contribution in [3.05, 3.63) is 30.1 Å². The van der Waals surface area contributed by atoms with Crippen molar-refractivity contribution in [1.82, 2.24) is 20.0 Å². The summed E-state index contributed by atoms with van der Waals surface area (Å²) in [6.45, 7) is 3.08. The van der Waals surface area contributed by atoms with Crippen LogP contribution in [-0.4, -0.2) is 39.0 Å². The molecule has 1 aliphatic heterocycles. The van der Waals surface area contributed by atoms with Gasteiger partial charge in [0.1, 0.15) is 5.76 Å². The molecule has 3 rings (SSSR count). The Bertz CT molecular complexity index is 555. The lowest BCUT2D eigenvalue weighted by atomic mass is 9.96. The summed E-state index contributed by atoms with van der Waals surface area (Å²) in [5.74, 6) is 1.48. The average Bonchev–Trinajstić information content (AvgIpc) is 3.09. The lowest BCUT2D eigenvalue weighted by molar-refractivity contribution is 0.0703. The lowest BCUT2D eigenvalue weighted by Gasteiger charge is -2.30. The standard InChI is InChI=1S/C12H14N4O3/c1-8-10(13-6-18-8)12(17)16-4-2-9(3-5-16)11-14-7-19-15-11/h6-7,9H,2-5H2,1H3. The topological polar surface area (TPSA) is 85.3 Å². The van der Waals surface area contributed by atoms with E-state index in [1.807, 2.05) is 0 Å². The van der Waals surface area contributed by atoms with Crippen molar-refractivity contribution in [3.8, 4) is 0 Å². The molecule has 0 unspecified atom stereocenters. The van der Waals surface area contributed by atoms with Crippen molar-refractivity contribution in [3.63, 3.8) is 0 Å². The number of oxazole rings is 1. The van der Waals surface area contributed by atoms with Crippen LogP contribution in [-0.2, 0) is 0 Å². The molecule has 7 heteroatoms. The Morgan fingerprint density at radius 1 is 1.32 bits per heavy atom. The summed E-state index contributed by atoms with van der Waals surface area (Å²) in [5, 5.41) is 3.86. The van der Waals surface area contributed by atoms with Crippen LogP contribution >= 0.6 is 0 Å². The maximum atomic E-state index is 12.2. The molecule has 100 valence electrons. The summed E-state index contributed by atoms with van der Waals surface area (Å²) in [5.41, 5.74) is 0.401. The molecule has 1 fully saturated rings. The van der Waals surface area contributed by atoms with E-state index < -0.39 is 0 Å². The van der Waals surface area contributed by atoms with E-state index in [-0.39, 0.29) is 11.8 Å². The minimum absolute atomic E-state index is 0.0715. The molecule has 1 saturated heterocycles. The van der Waals surface area contributed by atoms with Crippen LogP contribution in [0, 0.1) is 6.92 Å². The van der Waals surface area contributed by atoms with Gasteiger partial charge in [-0.25, -0.2) is 4.98 Å². The first-order valence-corrected chi connectivity index (χ1v) is 6.21. The van der Waals surface area contributed by atoms with Gasteiger partial charge in [-0.2, -0.15) is 4.98 Å². The third kappa shape index (κ3) is 2.23. The molecule has 0 aromatic carbocycles. The molecule has 19 heavy (non-hydrogen) atoms. The zero-order valence-electron chi connectivity index (χ0n) is 10.6. The molecule has 0 N–H and O–H groups in total. The lowest BCUT2D eigenvalue weighted by Crippen LogP contribution is -2.38. The van der Waals surface area contributed by atoms with Gasteiger partial charge in [0.2, 0.25) is 6.39 Å². The summed E-state index contributed by atoms with van der Waals surface area (Å²) in [6, 6.07) is 0. The molecule has 1 amide bonds. The van der Waals surface area contributed by atoms with Crippen LogP contribution in [0.25, 0.3) is 0 Å². The van der Waals surface area contributed by atoms with Crippen LogP contribution in [0.5, 0.6) is 0 Å². The number of hydrogen-bond donors (Lipinski definition) is 0. The van der Waals surface area contributed by atoms with E-state index in [0.29, 0.717) is 24.5 Å². The SMILES string of the molecule is Cc1ocnc1C(=O)N1CCC(c2ncon2)CC1. The second-order valence-electron chi connectivity index (χ2n) is 4.61. The third-order valence-electron chi connectivity index (χ3n) is 3.47. The average molecular weight is 262 g/mol. The van der Waals surface area contributed by atoms with Crippen molar-refractivity contribution >= 4 is 5.91 Å². The van der Waals surface area contributed by atoms with Gasteiger partial charge in [0, 0.05) is 19.0 Å². The first kappa shape index (κ1) is 11.9. The maximum Gasteiger partial charge on any atom is 0.276 e. The number of aromatic nitrogens is 3. The van der Waals surface area contributed by atoms with Crippen LogP contribution in [0.3, 0.4) is 0 Å². The highest BCUT2D eigenvalue weighted by Crippen LogP contribution is 2.26. The number of carbonyl (C=O) groups excluding carboxylic acids is 1. The Morgan fingerprint density at radius 2 is 2.11 bits per heavy atom. The second kappa shape index (κ2) is 4.83. The number of piperidine rings is 1. The first-order chi connectivity index (χ1) is 9.25. The van der Waals surface area contributed by atoms with E-state index in [4.69, 9.17) is 8.94 Å². The van der Waals surface area contributed by atoms with Gasteiger partial charge < -0.3 is 13.8 Å². The van der Waals surface area contributed by atoms with E-state index in [9.17, 15) is 4.79 Å². The zero-order chi connectivity index (χ0) is 13.2. The van der Waals surface area contributed by atoms with E-state index in [1.54, 1.807) is 11.8 Å². The molecule has 1 aliphatic rings. The number of amides is 1. The predicted octanol–water partition coefficient (Wildman–Crippen LogP) is 1.39. The second-order valence-corrected chi connectivity index (χ2v) is 4.61. The van der Waals surface area contributed by atoms with Crippen LogP contribution in [0.2, 0.25) is 0 Å². The minimum atomic E-state index is -0.0715. The number of hydrogen-bond acceptors (Lipinski definition) is 6. The first-order valence-electron chi connectivity index (χ1n) is 6.21. The number of rotatable bonds is 2. The van der Waals surface area contributed by atoms with Crippen LogP contribution < -0.4 is 0 Å². The molecule has 0 atom stereocenters. The van der Waals surface area contributed by atoms with E-state index in [0.717, 1.165) is 18.7 Å². The number of likely N-dealkylation sites (tertiary alicyclic amines) is 1. The molecule has 0 aliphatic carbocycles. The molecular formula is C12H14N4O3. The summed E-state index contributed by atoms with van der Waals surface area (Å²) < 4.78 is 9.82. The van der Waals surface area contributed by atoms with Gasteiger partial charge in [0.05, 0.1) is 0 Å². The van der Waals surface area contributed by atoms with Gasteiger partial charge in [0.25, 0.3) is 5.91 Å². The van der Waals surface area contributed by atoms with E-state index in [2.05, 4.69) is 15.1 Å². The van der Waals surface area contributed by atoms with Gasteiger partial charge >= 0.3 is 0 Å². The fourth-order valence-corrected chi connectivity index (χ4v) is 2.36. The normalized spacial score (nSPS) is 16.8. The van der Waals surface area contributed by atoms with Crippen LogP contribution in [0.1, 0.15) is 40.8 Å². The van der Waals surface area contributed by atoms with Crippen molar-refractivity contribution in [2.24, 2.45) is 0 Å². The van der Waals surface area contributed by atoms with Crippen molar-refractivity contribution < 1.29 is 13.7 Å². The smallest absolute Gasteiger partial charge is 0.276 e. The number of aryl methyl sites for hydroxylation is 1. The van der Waals surface area contributed by atoms with Gasteiger partial charge in [-0.15, -0.1) is 0 Å². The van der Waals surface area contributed by atoms with Crippen LogP contribution in [0.4, 0.5) is 0 Å². The number of nitrogens with zero attached hydrogens (tertiary/aromatic N) is 4. The Kier molecular flexibility index (Phi) is 3.02. The van der Waals surface area contributed by atoms with Gasteiger partial charge in [-0.1, -0.05) is 5.16 Å². The highest BCUT2D eigenvalue weighted by molar-refractivity contribution is 5.93. The Morgan fingerprint density at radius 3 is 2.68 bits per heavy atom. The predicted molar refractivity (Wildman–Crippen MR) is 63.4 cm³/mol. The van der Waals surface area contributed by atoms with Crippen molar-refractivity contribution in [2.45, 2.75) is 25.7 Å². The molecule has 2 aromatic heterocycles. The van der Waals surface area contributed by atoms with E-state index >= 15 is 0 Å². The van der Waals surface area contributed by atoms with Crippen molar-refractivity contribution in [2.75, 3.05) is 13.1 Å². The Balaban J connectivity index is 1.64.